The van der Waals surface area contributed by atoms with Crippen molar-refractivity contribution in [3.63, 3.8) is 0 Å². The first-order valence-electron chi connectivity index (χ1n) is 10.6. The van der Waals surface area contributed by atoms with Gasteiger partial charge in [-0.2, -0.15) is 8.78 Å². The summed E-state index contributed by atoms with van der Waals surface area (Å²) in [4.78, 5) is 0. The van der Waals surface area contributed by atoms with Crippen molar-refractivity contribution >= 4 is 0 Å². The largest absolute Gasteiger partial charge is 0.490 e. The molecule has 0 bridgehead atoms. The zero-order valence-corrected chi connectivity index (χ0v) is 16.9. The Balaban J connectivity index is 1.75. The monoisotopic (exact) mass is 398 g/mol. The van der Waals surface area contributed by atoms with E-state index in [2.05, 4.69) is 19.1 Å². The van der Waals surface area contributed by atoms with Crippen LogP contribution in [0.1, 0.15) is 64.7 Å². The quantitative estimate of drug-likeness (QED) is 0.278. The van der Waals surface area contributed by atoms with Gasteiger partial charge >= 0.3 is 0 Å². The molecule has 28 heavy (non-hydrogen) atoms. The summed E-state index contributed by atoms with van der Waals surface area (Å²) in [6.07, 6.45) is 12.6. The Morgan fingerprint density at radius 2 is 1.64 bits per heavy atom. The summed E-state index contributed by atoms with van der Waals surface area (Å²) in [7, 11) is 0. The van der Waals surface area contributed by atoms with Gasteiger partial charge < -0.3 is 9.47 Å². The standard InChI is InChI=1S/C23H33F3O2/c1-2-3-7-16-27-20-13-14-21(23(26)22(20)25)28-17-19-11-9-18(10-12-19)8-5-4-6-15-24/h5,8,13-14,18-19H,2-4,6-7,9-12,15-17H2,1H3/b8-5+. The second-order valence-electron chi connectivity index (χ2n) is 7.60. The van der Waals surface area contributed by atoms with E-state index >= 15 is 0 Å². The molecule has 0 spiro atoms. The molecule has 1 saturated carbocycles. The summed E-state index contributed by atoms with van der Waals surface area (Å²) >= 11 is 0. The third-order valence-corrected chi connectivity index (χ3v) is 5.30. The smallest absolute Gasteiger partial charge is 0.204 e. The number of alkyl halides is 1. The first-order chi connectivity index (χ1) is 13.7. The Labute approximate surface area is 167 Å². The van der Waals surface area contributed by atoms with Crippen LogP contribution < -0.4 is 9.47 Å². The van der Waals surface area contributed by atoms with E-state index in [1.807, 2.05) is 0 Å². The zero-order chi connectivity index (χ0) is 20.2. The van der Waals surface area contributed by atoms with Crippen LogP contribution in [0, 0.1) is 23.5 Å². The molecule has 0 atom stereocenters. The molecular formula is C23H33F3O2. The highest BCUT2D eigenvalue weighted by molar-refractivity contribution is 5.35. The third-order valence-electron chi connectivity index (χ3n) is 5.30. The minimum atomic E-state index is -0.976. The van der Waals surface area contributed by atoms with E-state index in [-0.39, 0.29) is 18.2 Å². The fourth-order valence-corrected chi connectivity index (χ4v) is 3.51. The van der Waals surface area contributed by atoms with Crippen LogP contribution in [0.4, 0.5) is 13.2 Å². The predicted octanol–water partition coefficient (Wildman–Crippen LogP) is 7.02. The lowest BCUT2D eigenvalue weighted by molar-refractivity contribution is 0.186. The van der Waals surface area contributed by atoms with Crippen LogP contribution in [-0.4, -0.2) is 19.9 Å². The second kappa shape index (κ2) is 12.7. The molecule has 5 heteroatoms. The first-order valence-corrected chi connectivity index (χ1v) is 10.6. The van der Waals surface area contributed by atoms with E-state index < -0.39 is 11.6 Å². The Morgan fingerprint density at radius 3 is 2.29 bits per heavy atom. The highest BCUT2D eigenvalue weighted by Gasteiger charge is 2.21. The molecule has 2 nitrogen and oxygen atoms in total. The molecule has 0 heterocycles. The fraction of sp³-hybridized carbons (Fsp3) is 0.652. The number of rotatable bonds is 12. The van der Waals surface area contributed by atoms with Gasteiger partial charge in [-0.25, -0.2) is 0 Å². The maximum Gasteiger partial charge on any atom is 0.204 e. The van der Waals surface area contributed by atoms with Crippen LogP contribution in [0.3, 0.4) is 0 Å². The molecule has 158 valence electrons. The fourth-order valence-electron chi connectivity index (χ4n) is 3.51. The normalized spacial score (nSPS) is 19.9. The lowest BCUT2D eigenvalue weighted by Gasteiger charge is -2.26. The van der Waals surface area contributed by atoms with Gasteiger partial charge in [-0.05, 0) is 68.9 Å². The molecule has 1 aromatic carbocycles. The van der Waals surface area contributed by atoms with E-state index in [9.17, 15) is 13.2 Å². The Bertz CT molecular complexity index is 596. The van der Waals surface area contributed by atoms with Gasteiger partial charge in [-0.15, -0.1) is 0 Å². The van der Waals surface area contributed by atoms with Crippen LogP contribution in [0.25, 0.3) is 0 Å². The van der Waals surface area contributed by atoms with Crippen LogP contribution in [0.5, 0.6) is 11.5 Å². The maximum atomic E-state index is 14.2. The summed E-state index contributed by atoms with van der Waals surface area (Å²) in [6.45, 7) is 2.59. The van der Waals surface area contributed by atoms with Crippen molar-refractivity contribution in [2.24, 2.45) is 11.8 Å². The summed E-state index contributed by atoms with van der Waals surface area (Å²) in [6, 6.07) is 2.89. The third kappa shape index (κ3) is 7.40. The molecule has 1 aliphatic carbocycles. The van der Waals surface area contributed by atoms with E-state index in [1.165, 1.54) is 12.1 Å². The van der Waals surface area contributed by atoms with E-state index in [0.717, 1.165) is 51.4 Å². The minimum absolute atomic E-state index is 0.0494. The number of allylic oxidation sites excluding steroid dienone is 2. The first kappa shape index (κ1) is 22.6. The highest BCUT2D eigenvalue weighted by Crippen LogP contribution is 2.32. The van der Waals surface area contributed by atoms with Gasteiger partial charge in [0, 0.05) is 0 Å². The molecule has 0 saturated heterocycles. The van der Waals surface area contributed by atoms with Crippen molar-refractivity contribution < 1.29 is 22.6 Å². The molecule has 1 fully saturated rings. The van der Waals surface area contributed by atoms with Crippen LogP contribution in [0.2, 0.25) is 0 Å². The van der Waals surface area contributed by atoms with Crippen molar-refractivity contribution in [3.8, 4) is 11.5 Å². The van der Waals surface area contributed by atoms with Gasteiger partial charge in [0.1, 0.15) is 0 Å². The molecule has 1 aliphatic rings. The van der Waals surface area contributed by atoms with E-state index in [4.69, 9.17) is 9.47 Å². The SMILES string of the molecule is CCCCCOc1ccc(OCC2CCC(/C=C/CCCF)CC2)c(F)c1F. The average Bonchev–Trinajstić information content (AvgIpc) is 2.72. The highest BCUT2D eigenvalue weighted by atomic mass is 19.2. The summed E-state index contributed by atoms with van der Waals surface area (Å²) in [5.41, 5.74) is 0. The van der Waals surface area contributed by atoms with Gasteiger partial charge in [0.05, 0.1) is 19.9 Å². The number of hydrogen-bond donors (Lipinski definition) is 0. The molecule has 0 aliphatic heterocycles. The van der Waals surface area contributed by atoms with E-state index in [1.54, 1.807) is 0 Å². The Kier molecular flexibility index (Phi) is 10.3. The molecule has 0 N–H and O–H groups in total. The van der Waals surface area contributed by atoms with Crippen LogP contribution in [-0.2, 0) is 0 Å². The van der Waals surface area contributed by atoms with Crippen molar-refractivity contribution in [3.05, 3.63) is 35.9 Å². The molecular weight excluding hydrogens is 365 g/mol. The van der Waals surface area contributed by atoms with Crippen molar-refractivity contribution in [2.75, 3.05) is 19.9 Å². The second-order valence-corrected chi connectivity index (χ2v) is 7.60. The van der Waals surface area contributed by atoms with Crippen LogP contribution in [0.15, 0.2) is 24.3 Å². The summed E-state index contributed by atoms with van der Waals surface area (Å²) < 4.78 is 51.4. The van der Waals surface area contributed by atoms with Gasteiger partial charge in [0.25, 0.3) is 0 Å². The van der Waals surface area contributed by atoms with Gasteiger partial charge in [0.15, 0.2) is 11.5 Å². The Morgan fingerprint density at radius 1 is 0.964 bits per heavy atom. The lowest BCUT2D eigenvalue weighted by atomic mass is 9.82. The van der Waals surface area contributed by atoms with Crippen molar-refractivity contribution in [2.45, 2.75) is 64.7 Å². The molecule has 0 aromatic heterocycles. The molecule has 1 aromatic rings. The van der Waals surface area contributed by atoms with Crippen LogP contribution >= 0.6 is 0 Å². The number of ether oxygens (including phenoxy) is 2. The lowest BCUT2D eigenvalue weighted by Crippen LogP contribution is -2.19. The maximum absolute atomic E-state index is 14.2. The molecule has 0 radical (unpaired) electrons. The Hall–Kier alpha value is -1.65. The summed E-state index contributed by atoms with van der Waals surface area (Å²) in [5.74, 6) is -1.17. The molecule has 0 unspecified atom stereocenters. The van der Waals surface area contributed by atoms with E-state index in [0.29, 0.717) is 31.5 Å². The number of hydrogen-bond acceptors (Lipinski definition) is 2. The number of unbranched alkanes of at least 4 members (excludes halogenated alkanes) is 3. The molecule has 2 rings (SSSR count). The van der Waals surface area contributed by atoms with Gasteiger partial charge in [0.2, 0.25) is 11.6 Å². The van der Waals surface area contributed by atoms with Crippen molar-refractivity contribution in [1.82, 2.24) is 0 Å². The predicted molar refractivity (Wildman–Crippen MR) is 107 cm³/mol. The minimum Gasteiger partial charge on any atom is -0.490 e. The summed E-state index contributed by atoms with van der Waals surface area (Å²) in [5, 5.41) is 0. The van der Waals surface area contributed by atoms with Gasteiger partial charge in [-0.3, -0.25) is 4.39 Å². The average molecular weight is 399 g/mol. The van der Waals surface area contributed by atoms with Gasteiger partial charge in [-0.1, -0.05) is 31.9 Å². The zero-order valence-electron chi connectivity index (χ0n) is 16.9. The topological polar surface area (TPSA) is 18.5 Å². The molecule has 0 amide bonds. The van der Waals surface area contributed by atoms with Crippen molar-refractivity contribution in [1.29, 1.82) is 0 Å². The number of benzene rings is 1. The number of halogens is 3.